The minimum atomic E-state index is -0.891. The Bertz CT molecular complexity index is 375. The summed E-state index contributed by atoms with van der Waals surface area (Å²) in [7, 11) is 4.05. The van der Waals surface area contributed by atoms with Crippen molar-refractivity contribution in [3.63, 3.8) is 0 Å². The molecule has 0 radical (unpaired) electrons. The predicted octanol–water partition coefficient (Wildman–Crippen LogP) is -0.0822. The van der Waals surface area contributed by atoms with E-state index in [0.29, 0.717) is 25.7 Å². The van der Waals surface area contributed by atoms with Gasteiger partial charge in [0, 0.05) is 32.2 Å². The number of likely N-dealkylation sites (tertiary alicyclic amines) is 1. The number of likely N-dealkylation sites (N-methyl/N-ethyl adjacent to an activating group) is 1. The van der Waals surface area contributed by atoms with E-state index in [4.69, 9.17) is 9.84 Å². The highest BCUT2D eigenvalue weighted by Crippen LogP contribution is 2.17. The second kappa shape index (κ2) is 6.41. The molecule has 0 spiro atoms. The number of nitrogens with zero attached hydrogens (tertiary/aromatic N) is 3. The number of hydrogen-bond donors (Lipinski definition) is 1. The summed E-state index contributed by atoms with van der Waals surface area (Å²) in [6.07, 6.45) is 0.545. The Kier molecular flexibility index (Phi) is 4.82. The first-order chi connectivity index (χ1) is 9.47. The molecule has 1 N–H and O–H groups in total. The molecule has 2 rings (SSSR count). The number of ether oxygens (including phenoxy) is 1. The monoisotopic (exact) mass is 285 g/mol. The molecule has 2 fully saturated rings. The van der Waals surface area contributed by atoms with Crippen molar-refractivity contribution < 1.29 is 19.4 Å². The number of carboxylic acids is 1. The van der Waals surface area contributed by atoms with Gasteiger partial charge in [-0.05, 0) is 20.5 Å². The zero-order chi connectivity index (χ0) is 14.7. The molecule has 0 aromatic heterocycles. The van der Waals surface area contributed by atoms with Crippen LogP contribution in [0.5, 0.6) is 0 Å². The van der Waals surface area contributed by atoms with Crippen molar-refractivity contribution in [3.05, 3.63) is 0 Å². The highest BCUT2D eigenvalue weighted by molar-refractivity contribution is 5.75. The molecule has 2 atom stereocenters. The van der Waals surface area contributed by atoms with Gasteiger partial charge in [-0.1, -0.05) is 0 Å². The Hall–Kier alpha value is -1.34. The third-order valence-corrected chi connectivity index (χ3v) is 3.98. The molecule has 0 aromatic rings. The fraction of sp³-hybridized carbons (Fsp3) is 0.846. The van der Waals surface area contributed by atoms with Gasteiger partial charge < -0.3 is 24.5 Å². The normalized spacial score (nSPS) is 27.1. The van der Waals surface area contributed by atoms with Crippen LogP contribution in [0.3, 0.4) is 0 Å². The Morgan fingerprint density at radius 3 is 2.55 bits per heavy atom. The molecular weight excluding hydrogens is 262 g/mol. The van der Waals surface area contributed by atoms with Crippen LogP contribution in [0, 0.1) is 0 Å². The molecule has 2 saturated heterocycles. The fourth-order valence-electron chi connectivity index (χ4n) is 2.75. The Morgan fingerprint density at radius 2 is 1.95 bits per heavy atom. The molecule has 20 heavy (non-hydrogen) atoms. The van der Waals surface area contributed by atoms with Crippen molar-refractivity contribution in [2.75, 3.05) is 46.9 Å². The van der Waals surface area contributed by atoms with E-state index in [9.17, 15) is 9.59 Å². The van der Waals surface area contributed by atoms with E-state index >= 15 is 0 Å². The summed E-state index contributed by atoms with van der Waals surface area (Å²) >= 11 is 0. The average Bonchev–Trinajstić information content (AvgIpc) is 2.87. The standard InChI is InChI=1S/C13H23N3O4/c1-14(2)10-3-4-15(8-10)13(19)16-5-6-20-11(9-16)7-12(17)18/h10-11H,3-9H2,1-2H3,(H,17,18). The number of amides is 2. The molecule has 2 amide bonds. The maximum absolute atomic E-state index is 12.4. The lowest BCUT2D eigenvalue weighted by atomic mass is 10.2. The summed E-state index contributed by atoms with van der Waals surface area (Å²) in [5.74, 6) is -0.891. The second-order valence-electron chi connectivity index (χ2n) is 5.67. The molecule has 114 valence electrons. The van der Waals surface area contributed by atoms with Crippen molar-refractivity contribution in [2.45, 2.75) is 25.0 Å². The summed E-state index contributed by atoms with van der Waals surface area (Å²) in [5, 5.41) is 8.80. The van der Waals surface area contributed by atoms with Crippen molar-refractivity contribution in [1.29, 1.82) is 0 Å². The van der Waals surface area contributed by atoms with Crippen LogP contribution in [-0.4, -0.2) is 90.8 Å². The third kappa shape index (κ3) is 3.61. The molecule has 7 nitrogen and oxygen atoms in total. The predicted molar refractivity (Wildman–Crippen MR) is 72.6 cm³/mol. The molecule has 2 heterocycles. The summed E-state index contributed by atoms with van der Waals surface area (Å²) in [5.41, 5.74) is 0. The van der Waals surface area contributed by atoms with Gasteiger partial charge in [0.1, 0.15) is 0 Å². The number of carboxylic acid groups (broad SMARTS) is 1. The molecule has 0 aliphatic carbocycles. The van der Waals surface area contributed by atoms with Gasteiger partial charge in [-0.15, -0.1) is 0 Å². The lowest BCUT2D eigenvalue weighted by Gasteiger charge is -2.35. The number of carbonyl (C=O) groups excluding carboxylic acids is 1. The van der Waals surface area contributed by atoms with E-state index in [1.54, 1.807) is 4.90 Å². The van der Waals surface area contributed by atoms with Gasteiger partial charge in [-0.2, -0.15) is 0 Å². The quantitative estimate of drug-likeness (QED) is 0.785. The van der Waals surface area contributed by atoms with Gasteiger partial charge >= 0.3 is 12.0 Å². The molecule has 0 saturated carbocycles. The number of carbonyl (C=O) groups is 2. The zero-order valence-electron chi connectivity index (χ0n) is 12.1. The lowest BCUT2D eigenvalue weighted by Crippen LogP contribution is -2.51. The highest BCUT2D eigenvalue weighted by Gasteiger charge is 2.33. The molecule has 7 heteroatoms. The average molecular weight is 285 g/mol. The van der Waals surface area contributed by atoms with Gasteiger partial charge in [0.05, 0.1) is 19.1 Å². The summed E-state index contributed by atoms with van der Waals surface area (Å²) in [6.45, 7) is 2.83. The third-order valence-electron chi connectivity index (χ3n) is 3.98. The van der Waals surface area contributed by atoms with E-state index in [0.717, 1.165) is 19.5 Å². The molecule has 2 unspecified atom stereocenters. The molecular formula is C13H23N3O4. The number of morpholine rings is 1. The van der Waals surface area contributed by atoms with E-state index < -0.39 is 12.1 Å². The number of hydrogen-bond acceptors (Lipinski definition) is 4. The van der Waals surface area contributed by atoms with Crippen LogP contribution in [0.25, 0.3) is 0 Å². The van der Waals surface area contributed by atoms with Crippen molar-refractivity contribution in [2.24, 2.45) is 0 Å². The Morgan fingerprint density at radius 1 is 1.25 bits per heavy atom. The van der Waals surface area contributed by atoms with Gasteiger partial charge in [0.15, 0.2) is 0 Å². The largest absolute Gasteiger partial charge is 0.481 e. The van der Waals surface area contributed by atoms with Crippen LogP contribution in [0.15, 0.2) is 0 Å². The molecule has 0 bridgehead atoms. The van der Waals surface area contributed by atoms with Crippen molar-refractivity contribution in [1.82, 2.24) is 14.7 Å². The topological polar surface area (TPSA) is 73.3 Å². The zero-order valence-corrected chi connectivity index (χ0v) is 12.1. The van der Waals surface area contributed by atoms with Crippen LogP contribution in [0.4, 0.5) is 4.79 Å². The Balaban J connectivity index is 1.87. The number of aliphatic carboxylic acids is 1. The first kappa shape index (κ1) is 15.1. The van der Waals surface area contributed by atoms with Gasteiger partial charge in [-0.25, -0.2) is 4.79 Å². The second-order valence-corrected chi connectivity index (χ2v) is 5.67. The maximum atomic E-state index is 12.4. The van der Waals surface area contributed by atoms with Crippen LogP contribution < -0.4 is 0 Å². The maximum Gasteiger partial charge on any atom is 0.320 e. The molecule has 2 aliphatic rings. The lowest BCUT2D eigenvalue weighted by molar-refractivity contribution is -0.141. The number of rotatable bonds is 3. The van der Waals surface area contributed by atoms with E-state index in [-0.39, 0.29) is 12.5 Å². The van der Waals surface area contributed by atoms with Gasteiger partial charge in [0.2, 0.25) is 0 Å². The van der Waals surface area contributed by atoms with Crippen LogP contribution in [0.1, 0.15) is 12.8 Å². The SMILES string of the molecule is CN(C)C1CCN(C(=O)N2CCOC(CC(=O)O)C2)C1. The summed E-state index contributed by atoms with van der Waals surface area (Å²) in [4.78, 5) is 28.9. The van der Waals surface area contributed by atoms with Gasteiger partial charge in [0.25, 0.3) is 0 Å². The van der Waals surface area contributed by atoms with E-state index in [1.165, 1.54) is 0 Å². The van der Waals surface area contributed by atoms with Gasteiger partial charge in [-0.3, -0.25) is 4.79 Å². The molecule has 2 aliphatic heterocycles. The summed E-state index contributed by atoms with van der Waals surface area (Å²) in [6, 6.07) is 0.419. The van der Waals surface area contributed by atoms with Crippen molar-refractivity contribution in [3.8, 4) is 0 Å². The minimum absolute atomic E-state index is 0.00744. The van der Waals surface area contributed by atoms with Crippen molar-refractivity contribution >= 4 is 12.0 Å². The first-order valence-corrected chi connectivity index (χ1v) is 7.01. The fourth-order valence-corrected chi connectivity index (χ4v) is 2.75. The minimum Gasteiger partial charge on any atom is -0.481 e. The van der Waals surface area contributed by atoms with Crippen LogP contribution in [-0.2, 0) is 9.53 Å². The first-order valence-electron chi connectivity index (χ1n) is 7.01. The Labute approximate surface area is 119 Å². The van der Waals surface area contributed by atoms with E-state index in [1.807, 2.05) is 19.0 Å². The van der Waals surface area contributed by atoms with Crippen LogP contribution >= 0.6 is 0 Å². The molecule has 0 aromatic carbocycles. The summed E-state index contributed by atoms with van der Waals surface area (Å²) < 4.78 is 5.39. The smallest absolute Gasteiger partial charge is 0.320 e. The van der Waals surface area contributed by atoms with E-state index in [2.05, 4.69) is 4.90 Å². The van der Waals surface area contributed by atoms with Crippen LogP contribution in [0.2, 0.25) is 0 Å². The number of urea groups is 1. The highest BCUT2D eigenvalue weighted by atomic mass is 16.5.